The summed E-state index contributed by atoms with van der Waals surface area (Å²) in [7, 11) is 0. The smallest absolute Gasteiger partial charge is 0.222 e. The predicted molar refractivity (Wildman–Crippen MR) is 98.5 cm³/mol. The van der Waals surface area contributed by atoms with Crippen molar-refractivity contribution in [1.29, 1.82) is 0 Å². The molecule has 5 nitrogen and oxygen atoms in total. The zero-order chi connectivity index (χ0) is 16.7. The Morgan fingerprint density at radius 2 is 2.04 bits per heavy atom. The standard InChI is InChI=1S/C17H24ClN3O2.ClH/c1-12(22)21-16(14-4-6-15(18)7-5-14)9-17(23)20-11-13-3-2-8-19-10-13;/h4-7,13,16,19H,2-3,8-11H2,1H3,(H,20,23)(H,21,22);1H. The van der Waals surface area contributed by atoms with E-state index >= 15 is 0 Å². The Hall–Kier alpha value is -1.30. The molecule has 0 aliphatic carbocycles. The summed E-state index contributed by atoms with van der Waals surface area (Å²) in [6.45, 7) is 4.14. The van der Waals surface area contributed by atoms with E-state index in [0.717, 1.165) is 31.5 Å². The van der Waals surface area contributed by atoms with Gasteiger partial charge < -0.3 is 16.0 Å². The number of carbonyl (C=O) groups excluding carboxylic acids is 2. The Morgan fingerprint density at radius 1 is 1.33 bits per heavy atom. The molecule has 2 rings (SSSR count). The number of piperidine rings is 1. The number of benzene rings is 1. The number of nitrogens with one attached hydrogen (secondary N) is 3. The number of hydrogen-bond acceptors (Lipinski definition) is 3. The summed E-state index contributed by atoms with van der Waals surface area (Å²) in [6, 6.07) is 6.85. The first-order chi connectivity index (χ1) is 11.0. The largest absolute Gasteiger partial charge is 0.356 e. The maximum atomic E-state index is 12.2. The van der Waals surface area contributed by atoms with E-state index in [1.165, 1.54) is 6.92 Å². The van der Waals surface area contributed by atoms with Gasteiger partial charge in [0.05, 0.1) is 12.5 Å². The van der Waals surface area contributed by atoms with Crippen molar-refractivity contribution in [2.75, 3.05) is 19.6 Å². The topological polar surface area (TPSA) is 70.2 Å². The second-order valence-corrected chi connectivity index (χ2v) is 6.46. The van der Waals surface area contributed by atoms with Gasteiger partial charge >= 0.3 is 0 Å². The van der Waals surface area contributed by atoms with Crippen molar-refractivity contribution in [1.82, 2.24) is 16.0 Å². The summed E-state index contributed by atoms with van der Waals surface area (Å²) in [4.78, 5) is 23.6. The van der Waals surface area contributed by atoms with Gasteiger partial charge in [0.1, 0.15) is 0 Å². The molecule has 7 heteroatoms. The molecule has 24 heavy (non-hydrogen) atoms. The van der Waals surface area contributed by atoms with Crippen molar-refractivity contribution in [2.45, 2.75) is 32.2 Å². The van der Waals surface area contributed by atoms with E-state index in [-0.39, 0.29) is 36.7 Å². The summed E-state index contributed by atoms with van der Waals surface area (Å²) < 4.78 is 0. The van der Waals surface area contributed by atoms with Gasteiger partial charge in [0, 0.05) is 18.5 Å². The Balaban J connectivity index is 0.00000288. The zero-order valence-electron chi connectivity index (χ0n) is 13.8. The highest BCUT2D eigenvalue weighted by molar-refractivity contribution is 6.30. The average Bonchev–Trinajstić information content (AvgIpc) is 2.53. The highest BCUT2D eigenvalue weighted by Gasteiger charge is 2.19. The maximum Gasteiger partial charge on any atom is 0.222 e. The molecule has 1 heterocycles. The van der Waals surface area contributed by atoms with Gasteiger partial charge in [0.25, 0.3) is 0 Å². The second-order valence-electron chi connectivity index (χ2n) is 6.03. The van der Waals surface area contributed by atoms with E-state index in [9.17, 15) is 9.59 Å². The van der Waals surface area contributed by atoms with E-state index in [4.69, 9.17) is 11.6 Å². The van der Waals surface area contributed by atoms with Crippen molar-refractivity contribution < 1.29 is 9.59 Å². The first-order valence-corrected chi connectivity index (χ1v) is 8.42. The molecule has 0 bridgehead atoms. The Morgan fingerprint density at radius 3 is 2.62 bits per heavy atom. The Labute approximate surface area is 154 Å². The summed E-state index contributed by atoms with van der Waals surface area (Å²) in [5.74, 6) is 0.279. The van der Waals surface area contributed by atoms with Crippen LogP contribution in [0.3, 0.4) is 0 Å². The number of hydrogen-bond donors (Lipinski definition) is 3. The van der Waals surface area contributed by atoms with Crippen LogP contribution in [0.25, 0.3) is 0 Å². The summed E-state index contributed by atoms with van der Waals surface area (Å²) >= 11 is 5.89. The fraction of sp³-hybridized carbons (Fsp3) is 0.529. The van der Waals surface area contributed by atoms with Gasteiger partial charge in [-0.15, -0.1) is 12.4 Å². The maximum absolute atomic E-state index is 12.2. The van der Waals surface area contributed by atoms with E-state index in [1.807, 2.05) is 12.1 Å². The van der Waals surface area contributed by atoms with Crippen LogP contribution < -0.4 is 16.0 Å². The van der Waals surface area contributed by atoms with Crippen molar-refractivity contribution in [3.8, 4) is 0 Å². The fourth-order valence-electron chi connectivity index (χ4n) is 2.81. The molecule has 134 valence electrons. The van der Waals surface area contributed by atoms with Crippen LogP contribution in [0.15, 0.2) is 24.3 Å². The minimum Gasteiger partial charge on any atom is -0.356 e. The molecular formula is C17H25Cl2N3O2. The van der Waals surface area contributed by atoms with Gasteiger partial charge in [-0.2, -0.15) is 0 Å². The average molecular weight is 374 g/mol. The number of amides is 2. The third-order valence-electron chi connectivity index (χ3n) is 4.03. The molecule has 2 atom stereocenters. The van der Waals surface area contributed by atoms with Gasteiger partial charge in [-0.1, -0.05) is 23.7 Å². The quantitative estimate of drug-likeness (QED) is 0.716. The van der Waals surface area contributed by atoms with Crippen LogP contribution in [0, 0.1) is 5.92 Å². The SMILES string of the molecule is CC(=O)NC(CC(=O)NCC1CCCNC1)c1ccc(Cl)cc1.Cl. The second kappa shape index (κ2) is 10.5. The Kier molecular flexibility index (Phi) is 9.11. The van der Waals surface area contributed by atoms with E-state index in [0.29, 0.717) is 17.5 Å². The number of halogens is 2. The minimum absolute atomic E-state index is 0. The third-order valence-corrected chi connectivity index (χ3v) is 4.28. The molecule has 1 aromatic rings. The van der Waals surface area contributed by atoms with Crippen molar-refractivity contribution in [3.05, 3.63) is 34.9 Å². The van der Waals surface area contributed by atoms with Crippen molar-refractivity contribution in [3.63, 3.8) is 0 Å². The fourth-order valence-corrected chi connectivity index (χ4v) is 2.93. The predicted octanol–water partition coefficient (Wildman–Crippen LogP) is 2.44. The Bertz CT molecular complexity index is 531. The van der Waals surface area contributed by atoms with Crippen LogP contribution in [0.1, 0.15) is 37.8 Å². The van der Waals surface area contributed by atoms with Crippen LogP contribution in [0.5, 0.6) is 0 Å². The molecule has 3 N–H and O–H groups in total. The van der Waals surface area contributed by atoms with E-state index < -0.39 is 0 Å². The van der Waals surface area contributed by atoms with Gasteiger partial charge in [0.2, 0.25) is 11.8 Å². The van der Waals surface area contributed by atoms with E-state index in [2.05, 4.69) is 16.0 Å². The molecule has 0 radical (unpaired) electrons. The molecule has 1 aliphatic rings. The monoisotopic (exact) mass is 373 g/mol. The first-order valence-electron chi connectivity index (χ1n) is 8.04. The third kappa shape index (κ3) is 7.07. The molecule has 1 aromatic carbocycles. The molecule has 0 aromatic heterocycles. The molecule has 0 spiro atoms. The van der Waals surface area contributed by atoms with Crippen LogP contribution in [0.4, 0.5) is 0 Å². The summed E-state index contributed by atoms with van der Waals surface area (Å²) in [5.41, 5.74) is 0.874. The lowest BCUT2D eigenvalue weighted by Crippen LogP contribution is -2.39. The first kappa shape index (κ1) is 20.7. The van der Waals surface area contributed by atoms with Gasteiger partial charge in [0.15, 0.2) is 0 Å². The molecule has 0 saturated carbocycles. The van der Waals surface area contributed by atoms with Crippen LogP contribution in [0.2, 0.25) is 5.02 Å². The summed E-state index contributed by atoms with van der Waals surface area (Å²) in [6.07, 6.45) is 2.51. The highest BCUT2D eigenvalue weighted by atomic mass is 35.5. The lowest BCUT2D eigenvalue weighted by Gasteiger charge is -2.24. The van der Waals surface area contributed by atoms with Crippen LogP contribution in [-0.4, -0.2) is 31.4 Å². The van der Waals surface area contributed by atoms with E-state index in [1.54, 1.807) is 12.1 Å². The van der Waals surface area contributed by atoms with Gasteiger partial charge in [-0.25, -0.2) is 0 Å². The molecule has 1 fully saturated rings. The lowest BCUT2D eigenvalue weighted by atomic mass is 9.99. The molecule has 2 unspecified atom stereocenters. The van der Waals surface area contributed by atoms with Gasteiger partial charge in [-0.05, 0) is 49.5 Å². The number of rotatable bonds is 6. The van der Waals surface area contributed by atoms with Crippen molar-refractivity contribution >= 4 is 35.8 Å². The number of carbonyl (C=O) groups is 2. The molecule has 1 saturated heterocycles. The molecule has 2 amide bonds. The molecular weight excluding hydrogens is 349 g/mol. The zero-order valence-corrected chi connectivity index (χ0v) is 15.4. The van der Waals surface area contributed by atoms with Crippen LogP contribution in [-0.2, 0) is 9.59 Å². The van der Waals surface area contributed by atoms with Gasteiger partial charge in [-0.3, -0.25) is 9.59 Å². The normalized spacial score (nSPS) is 18.2. The van der Waals surface area contributed by atoms with Crippen molar-refractivity contribution in [2.24, 2.45) is 5.92 Å². The molecule has 1 aliphatic heterocycles. The van der Waals surface area contributed by atoms with Crippen LogP contribution >= 0.6 is 24.0 Å². The summed E-state index contributed by atoms with van der Waals surface area (Å²) in [5, 5.41) is 9.78. The lowest BCUT2D eigenvalue weighted by molar-refractivity contribution is -0.123. The minimum atomic E-state index is -0.339. The highest BCUT2D eigenvalue weighted by Crippen LogP contribution is 2.19.